The van der Waals surface area contributed by atoms with Crippen molar-refractivity contribution < 1.29 is 0 Å². The predicted octanol–water partition coefficient (Wildman–Crippen LogP) is 2.20. The molecule has 0 saturated carbocycles. The lowest BCUT2D eigenvalue weighted by atomic mass is 10.2. The van der Waals surface area contributed by atoms with Gasteiger partial charge in [0.1, 0.15) is 0 Å². The summed E-state index contributed by atoms with van der Waals surface area (Å²) in [5, 5.41) is 0. The maximum absolute atomic E-state index is 6.74. The highest BCUT2D eigenvalue weighted by molar-refractivity contribution is 5.58. The molecule has 0 unspecified atom stereocenters. The Labute approximate surface area is 65.0 Å². The fourth-order valence-corrected chi connectivity index (χ4v) is 1.17. The minimum atomic E-state index is 0.482. The van der Waals surface area contributed by atoms with Crippen LogP contribution in [0, 0.1) is 6.57 Å². The molecular weight excluding hydrogens is 136 g/mol. The predicted molar refractivity (Wildman–Crippen MR) is 43.2 cm³/mol. The van der Waals surface area contributed by atoms with Gasteiger partial charge in [-0.2, -0.15) is 0 Å². The first-order valence-electron chi connectivity index (χ1n) is 3.44. The molecule has 0 aromatic carbocycles. The molecule has 0 N–H and O–H groups in total. The second-order valence-electron chi connectivity index (χ2n) is 2.43. The van der Waals surface area contributed by atoms with Crippen LogP contribution in [0.1, 0.15) is 11.3 Å². The van der Waals surface area contributed by atoms with Gasteiger partial charge in [-0.3, -0.25) is 0 Å². The molecule has 0 saturated heterocycles. The Morgan fingerprint density at radius 3 is 3.18 bits per heavy atom. The minimum Gasteiger partial charge on any atom is -0.361 e. The van der Waals surface area contributed by atoms with Crippen molar-refractivity contribution in [3.8, 4) is 0 Å². The molecular formula is C9H6N2. The van der Waals surface area contributed by atoms with Crippen LogP contribution in [0.5, 0.6) is 0 Å². The largest absolute Gasteiger partial charge is 0.361 e. The fourth-order valence-electron chi connectivity index (χ4n) is 1.17. The average molecular weight is 142 g/mol. The van der Waals surface area contributed by atoms with E-state index in [1.165, 1.54) is 5.56 Å². The molecule has 1 aromatic heterocycles. The SMILES string of the molecule is [C-]#[N+]c1ccc2c(n1)C=CC2. The van der Waals surface area contributed by atoms with Gasteiger partial charge in [0.25, 0.3) is 5.82 Å². The van der Waals surface area contributed by atoms with Crippen LogP contribution < -0.4 is 0 Å². The molecule has 1 aliphatic carbocycles. The zero-order chi connectivity index (χ0) is 7.68. The summed E-state index contributed by atoms with van der Waals surface area (Å²) in [6, 6.07) is 3.73. The molecule has 0 atom stereocenters. The van der Waals surface area contributed by atoms with Crippen molar-refractivity contribution in [2.45, 2.75) is 6.42 Å². The molecule has 1 aliphatic rings. The Hall–Kier alpha value is -1.62. The van der Waals surface area contributed by atoms with Crippen LogP contribution in [-0.4, -0.2) is 4.98 Å². The quantitative estimate of drug-likeness (QED) is 0.507. The van der Waals surface area contributed by atoms with E-state index >= 15 is 0 Å². The number of allylic oxidation sites excluding steroid dienone is 1. The lowest BCUT2D eigenvalue weighted by molar-refractivity contribution is 1.22. The van der Waals surface area contributed by atoms with Gasteiger partial charge in [0.15, 0.2) is 5.69 Å². The zero-order valence-corrected chi connectivity index (χ0v) is 5.91. The van der Waals surface area contributed by atoms with E-state index < -0.39 is 0 Å². The summed E-state index contributed by atoms with van der Waals surface area (Å²) >= 11 is 0. The first-order valence-corrected chi connectivity index (χ1v) is 3.44. The normalized spacial score (nSPS) is 12.6. The van der Waals surface area contributed by atoms with Crippen molar-refractivity contribution in [3.63, 3.8) is 0 Å². The molecule has 52 valence electrons. The third-order valence-corrected chi connectivity index (χ3v) is 1.73. The highest BCUT2D eigenvalue weighted by Crippen LogP contribution is 2.20. The summed E-state index contributed by atoms with van der Waals surface area (Å²) in [6.07, 6.45) is 4.98. The Morgan fingerprint density at radius 1 is 1.45 bits per heavy atom. The number of nitrogens with zero attached hydrogens (tertiary/aromatic N) is 2. The lowest BCUT2D eigenvalue weighted by Gasteiger charge is -1.92. The second-order valence-corrected chi connectivity index (χ2v) is 2.43. The van der Waals surface area contributed by atoms with Crippen molar-refractivity contribution in [1.82, 2.24) is 4.98 Å². The van der Waals surface area contributed by atoms with Crippen molar-refractivity contribution in [1.29, 1.82) is 0 Å². The fraction of sp³-hybridized carbons (Fsp3) is 0.111. The van der Waals surface area contributed by atoms with Crippen LogP contribution in [0.3, 0.4) is 0 Å². The van der Waals surface area contributed by atoms with E-state index in [1.54, 1.807) is 6.07 Å². The van der Waals surface area contributed by atoms with Crippen molar-refractivity contribution >= 4 is 11.9 Å². The summed E-state index contributed by atoms with van der Waals surface area (Å²) in [7, 11) is 0. The van der Waals surface area contributed by atoms with Crippen LogP contribution in [0.25, 0.3) is 10.9 Å². The highest BCUT2D eigenvalue weighted by Gasteiger charge is 2.09. The third kappa shape index (κ3) is 0.908. The van der Waals surface area contributed by atoms with Gasteiger partial charge in [0, 0.05) is 5.56 Å². The van der Waals surface area contributed by atoms with E-state index in [0.717, 1.165) is 12.1 Å². The average Bonchev–Trinajstić information content (AvgIpc) is 2.50. The molecule has 0 spiro atoms. The van der Waals surface area contributed by atoms with Crippen LogP contribution >= 0.6 is 0 Å². The molecule has 1 heterocycles. The number of hydrogen-bond donors (Lipinski definition) is 0. The summed E-state index contributed by atoms with van der Waals surface area (Å²) < 4.78 is 0. The van der Waals surface area contributed by atoms with Crippen molar-refractivity contribution in [3.05, 3.63) is 40.9 Å². The molecule has 2 nitrogen and oxygen atoms in total. The smallest absolute Gasteiger partial charge is 0.270 e. The Balaban J connectivity index is 2.58. The number of rotatable bonds is 0. The summed E-state index contributed by atoms with van der Waals surface area (Å²) in [5.74, 6) is 0.482. The van der Waals surface area contributed by atoms with E-state index in [0.29, 0.717) is 5.82 Å². The van der Waals surface area contributed by atoms with Gasteiger partial charge in [-0.25, -0.2) is 0 Å². The monoisotopic (exact) mass is 142 g/mol. The maximum atomic E-state index is 6.74. The molecule has 0 radical (unpaired) electrons. The van der Waals surface area contributed by atoms with Crippen LogP contribution in [0.2, 0.25) is 0 Å². The first-order chi connectivity index (χ1) is 5.40. The van der Waals surface area contributed by atoms with Gasteiger partial charge in [0.05, 0.1) is 0 Å². The molecule has 1 aromatic rings. The number of fused-ring (bicyclic) bond motifs is 1. The van der Waals surface area contributed by atoms with Gasteiger partial charge in [-0.1, -0.05) is 18.7 Å². The van der Waals surface area contributed by atoms with Crippen LogP contribution in [-0.2, 0) is 6.42 Å². The molecule has 2 heteroatoms. The number of hydrogen-bond acceptors (Lipinski definition) is 1. The van der Waals surface area contributed by atoms with E-state index in [1.807, 2.05) is 12.1 Å². The molecule has 0 fully saturated rings. The van der Waals surface area contributed by atoms with Gasteiger partial charge in [-0.05, 0) is 18.6 Å². The van der Waals surface area contributed by atoms with Gasteiger partial charge >= 0.3 is 0 Å². The minimum absolute atomic E-state index is 0.482. The third-order valence-electron chi connectivity index (χ3n) is 1.73. The van der Waals surface area contributed by atoms with Gasteiger partial charge < -0.3 is 4.85 Å². The Morgan fingerprint density at radius 2 is 2.36 bits per heavy atom. The molecule has 0 bridgehead atoms. The first kappa shape index (κ1) is 6.11. The highest BCUT2D eigenvalue weighted by atomic mass is 14.9. The molecule has 2 rings (SSSR count). The zero-order valence-electron chi connectivity index (χ0n) is 5.91. The van der Waals surface area contributed by atoms with Crippen molar-refractivity contribution in [2.75, 3.05) is 0 Å². The molecule has 11 heavy (non-hydrogen) atoms. The Kier molecular flexibility index (Phi) is 1.23. The standard InChI is InChI=1S/C9H6N2/c1-10-9-6-5-7-3-2-4-8(7)11-9/h2,4-6H,3H2. The Bertz CT molecular complexity index is 358. The van der Waals surface area contributed by atoms with E-state index in [4.69, 9.17) is 6.57 Å². The van der Waals surface area contributed by atoms with Crippen molar-refractivity contribution in [2.24, 2.45) is 0 Å². The van der Waals surface area contributed by atoms with Crippen LogP contribution in [0.15, 0.2) is 18.2 Å². The summed E-state index contributed by atoms with van der Waals surface area (Å²) in [5.41, 5.74) is 2.18. The van der Waals surface area contributed by atoms with Gasteiger partial charge in [0.2, 0.25) is 0 Å². The second kappa shape index (κ2) is 2.21. The number of aromatic nitrogens is 1. The number of pyridine rings is 1. The van der Waals surface area contributed by atoms with E-state index in [2.05, 4.69) is 15.9 Å². The van der Waals surface area contributed by atoms with Gasteiger partial charge in [-0.15, -0.1) is 4.98 Å². The maximum Gasteiger partial charge on any atom is 0.270 e. The van der Waals surface area contributed by atoms with E-state index in [-0.39, 0.29) is 0 Å². The van der Waals surface area contributed by atoms with Crippen LogP contribution in [0.4, 0.5) is 5.82 Å². The molecule has 0 amide bonds. The summed E-state index contributed by atoms with van der Waals surface area (Å²) in [6.45, 7) is 6.74. The topological polar surface area (TPSA) is 17.2 Å². The lowest BCUT2D eigenvalue weighted by Crippen LogP contribution is -1.83. The molecule has 0 aliphatic heterocycles. The summed E-state index contributed by atoms with van der Waals surface area (Å²) in [4.78, 5) is 7.38. The van der Waals surface area contributed by atoms with E-state index in [9.17, 15) is 0 Å².